The maximum absolute atomic E-state index is 13.3. The van der Waals surface area contributed by atoms with Crippen molar-refractivity contribution in [3.8, 4) is 0 Å². The molecule has 1 N–H and O–H groups in total. The molecule has 0 amide bonds. The molecular formula is C17H18BrFO. The first-order chi connectivity index (χ1) is 9.45. The van der Waals surface area contributed by atoms with Crippen molar-refractivity contribution in [3.63, 3.8) is 0 Å². The van der Waals surface area contributed by atoms with Crippen LogP contribution in [-0.2, 0) is 6.42 Å². The first-order valence-electron chi connectivity index (χ1n) is 6.68. The fourth-order valence-electron chi connectivity index (χ4n) is 2.17. The zero-order chi connectivity index (χ0) is 14.7. The van der Waals surface area contributed by atoms with Crippen LogP contribution in [0.5, 0.6) is 0 Å². The number of aliphatic hydroxyl groups excluding tert-OH is 1. The Balaban J connectivity index is 2.13. The summed E-state index contributed by atoms with van der Waals surface area (Å²) in [5, 5.41) is 10.2. The maximum atomic E-state index is 13.3. The second-order valence-corrected chi connectivity index (χ2v) is 6.23. The first kappa shape index (κ1) is 15.2. The summed E-state index contributed by atoms with van der Waals surface area (Å²) in [4.78, 5) is 0. The van der Waals surface area contributed by atoms with Crippen LogP contribution >= 0.6 is 15.9 Å². The van der Waals surface area contributed by atoms with Crippen molar-refractivity contribution < 1.29 is 9.50 Å². The lowest BCUT2D eigenvalue weighted by molar-refractivity contribution is 0.178. The van der Waals surface area contributed by atoms with Crippen LogP contribution in [0, 0.1) is 5.82 Å². The Morgan fingerprint density at radius 2 is 1.65 bits per heavy atom. The number of rotatable bonds is 4. The number of benzene rings is 2. The molecule has 0 saturated carbocycles. The van der Waals surface area contributed by atoms with Crippen molar-refractivity contribution in [2.45, 2.75) is 32.3 Å². The van der Waals surface area contributed by atoms with Gasteiger partial charge in [0.15, 0.2) is 0 Å². The van der Waals surface area contributed by atoms with Crippen molar-refractivity contribution in [2.75, 3.05) is 0 Å². The van der Waals surface area contributed by atoms with Gasteiger partial charge < -0.3 is 5.11 Å². The highest BCUT2D eigenvalue weighted by atomic mass is 79.9. The second kappa shape index (κ2) is 6.51. The fourth-order valence-corrected chi connectivity index (χ4v) is 2.69. The zero-order valence-corrected chi connectivity index (χ0v) is 13.2. The van der Waals surface area contributed by atoms with Gasteiger partial charge in [0.1, 0.15) is 5.82 Å². The lowest BCUT2D eigenvalue weighted by Gasteiger charge is -2.13. The summed E-state index contributed by atoms with van der Waals surface area (Å²) in [6, 6.07) is 12.6. The van der Waals surface area contributed by atoms with E-state index in [2.05, 4.69) is 29.8 Å². The zero-order valence-electron chi connectivity index (χ0n) is 11.6. The van der Waals surface area contributed by atoms with E-state index >= 15 is 0 Å². The Hall–Kier alpha value is -1.19. The van der Waals surface area contributed by atoms with Gasteiger partial charge in [-0.25, -0.2) is 4.39 Å². The molecule has 20 heavy (non-hydrogen) atoms. The van der Waals surface area contributed by atoms with E-state index in [1.165, 1.54) is 17.7 Å². The predicted molar refractivity (Wildman–Crippen MR) is 83.3 cm³/mol. The van der Waals surface area contributed by atoms with Gasteiger partial charge in [0.2, 0.25) is 0 Å². The number of aliphatic hydroxyl groups is 1. The van der Waals surface area contributed by atoms with E-state index in [9.17, 15) is 9.50 Å². The third-order valence-corrected chi connectivity index (χ3v) is 3.80. The minimum absolute atomic E-state index is 0.295. The second-order valence-electron chi connectivity index (χ2n) is 5.32. The molecule has 0 fully saturated rings. The average molecular weight is 337 g/mol. The third kappa shape index (κ3) is 3.90. The average Bonchev–Trinajstić information content (AvgIpc) is 2.37. The van der Waals surface area contributed by atoms with Crippen LogP contribution in [0.1, 0.15) is 42.6 Å². The van der Waals surface area contributed by atoms with E-state index in [1.807, 2.05) is 30.3 Å². The minimum Gasteiger partial charge on any atom is -0.388 e. The van der Waals surface area contributed by atoms with Crippen LogP contribution in [0.4, 0.5) is 4.39 Å². The van der Waals surface area contributed by atoms with Gasteiger partial charge in [-0.2, -0.15) is 0 Å². The molecule has 0 spiro atoms. The van der Waals surface area contributed by atoms with Crippen molar-refractivity contribution in [3.05, 3.63) is 69.4 Å². The molecule has 3 heteroatoms. The normalized spacial score (nSPS) is 12.7. The number of halogens is 2. The Morgan fingerprint density at radius 3 is 2.20 bits per heavy atom. The highest BCUT2D eigenvalue weighted by Gasteiger charge is 2.10. The van der Waals surface area contributed by atoms with Gasteiger partial charge in [-0.1, -0.05) is 54.0 Å². The van der Waals surface area contributed by atoms with E-state index in [-0.39, 0.29) is 5.82 Å². The van der Waals surface area contributed by atoms with Gasteiger partial charge in [0, 0.05) is 10.9 Å². The lowest BCUT2D eigenvalue weighted by atomic mass is 9.97. The number of hydrogen-bond acceptors (Lipinski definition) is 1. The molecule has 1 nitrogen and oxygen atoms in total. The Morgan fingerprint density at radius 1 is 1.05 bits per heavy atom. The summed E-state index contributed by atoms with van der Waals surface area (Å²) < 4.78 is 14.0. The van der Waals surface area contributed by atoms with Gasteiger partial charge in [-0.05, 0) is 40.8 Å². The molecule has 0 radical (unpaired) electrons. The molecule has 2 aromatic rings. The van der Waals surface area contributed by atoms with Gasteiger partial charge in [0.05, 0.1) is 6.10 Å². The highest BCUT2D eigenvalue weighted by molar-refractivity contribution is 9.10. The molecular weight excluding hydrogens is 319 g/mol. The largest absolute Gasteiger partial charge is 0.388 e. The lowest BCUT2D eigenvalue weighted by Crippen LogP contribution is -2.02. The molecule has 0 aliphatic heterocycles. The molecule has 0 saturated heterocycles. The van der Waals surface area contributed by atoms with Crippen LogP contribution in [0.2, 0.25) is 0 Å². The van der Waals surface area contributed by atoms with Gasteiger partial charge in [-0.3, -0.25) is 0 Å². The summed E-state index contributed by atoms with van der Waals surface area (Å²) in [5.41, 5.74) is 2.88. The van der Waals surface area contributed by atoms with Gasteiger partial charge >= 0.3 is 0 Å². The van der Waals surface area contributed by atoms with Crippen molar-refractivity contribution in [1.82, 2.24) is 0 Å². The van der Waals surface area contributed by atoms with Gasteiger partial charge in [-0.15, -0.1) is 0 Å². The smallest absolute Gasteiger partial charge is 0.124 e. The van der Waals surface area contributed by atoms with E-state index < -0.39 is 6.10 Å². The molecule has 0 aliphatic rings. The van der Waals surface area contributed by atoms with Crippen LogP contribution in [0.25, 0.3) is 0 Å². The van der Waals surface area contributed by atoms with E-state index in [4.69, 9.17) is 0 Å². The van der Waals surface area contributed by atoms with Crippen molar-refractivity contribution in [2.24, 2.45) is 0 Å². The molecule has 0 aliphatic carbocycles. The Labute approximate surface area is 127 Å². The molecule has 1 unspecified atom stereocenters. The van der Waals surface area contributed by atoms with Crippen LogP contribution in [0.3, 0.4) is 0 Å². The molecule has 1 atom stereocenters. The van der Waals surface area contributed by atoms with Crippen LogP contribution < -0.4 is 0 Å². The summed E-state index contributed by atoms with van der Waals surface area (Å²) in [6.45, 7) is 4.27. The van der Waals surface area contributed by atoms with E-state index in [1.54, 1.807) is 0 Å². The van der Waals surface area contributed by atoms with Crippen molar-refractivity contribution >= 4 is 15.9 Å². The molecule has 0 aromatic heterocycles. The molecule has 106 valence electrons. The topological polar surface area (TPSA) is 20.2 Å². The van der Waals surface area contributed by atoms with E-state index in [0.717, 1.165) is 11.1 Å². The van der Waals surface area contributed by atoms with Crippen LogP contribution in [-0.4, -0.2) is 5.11 Å². The first-order valence-corrected chi connectivity index (χ1v) is 7.48. The molecule has 2 aromatic carbocycles. The minimum atomic E-state index is -0.620. The Bertz CT molecular complexity index is 558. The molecule has 0 bridgehead atoms. The fraction of sp³-hybridized carbons (Fsp3) is 0.294. The number of hydrogen-bond donors (Lipinski definition) is 1. The van der Waals surface area contributed by atoms with Crippen molar-refractivity contribution in [1.29, 1.82) is 0 Å². The summed E-state index contributed by atoms with van der Waals surface area (Å²) in [6.07, 6.45) is -0.220. The maximum Gasteiger partial charge on any atom is 0.124 e. The summed E-state index contributed by atoms with van der Waals surface area (Å²) >= 11 is 3.26. The summed E-state index contributed by atoms with van der Waals surface area (Å²) in [7, 11) is 0. The highest BCUT2D eigenvalue weighted by Crippen LogP contribution is 2.23. The SMILES string of the molecule is CC(C)c1ccc(C(O)Cc2cc(F)cc(Br)c2)cc1. The van der Waals surface area contributed by atoms with Gasteiger partial charge in [0.25, 0.3) is 0 Å². The Kier molecular flexibility index (Phi) is 4.95. The monoisotopic (exact) mass is 336 g/mol. The standard InChI is InChI=1S/C17H18BrFO/c1-11(2)13-3-5-14(6-4-13)17(20)9-12-7-15(18)10-16(19)8-12/h3-8,10-11,17,20H,9H2,1-2H3. The van der Waals surface area contributed by atoms with Crippen LogP contribution in [0.15, 0.2) is 46.9 Å². The van der Waals surface area contributed by atoms with E-state index in [0.29, 0.717) is 16.8 Å². The summed E-state index contributed by atoms with van der Waals surface area (Å²) in [5.74, 6) is 0.178. The third-order valence-electron chi connectivity index (χ3n) is 3.34. The molecule has 0 heterocycles. The predicted octanol–water partition coefficient (Wildman–Crippen LogP) is 4.99. The quantitative estimate of drug-likeness (QED) is 0.833. The molecule has 2 rings (SSSR count).